The lowest BCUT2D eigenvalue weighted by atomic mass is 10.2. The van der Waals surface area contributed by atoms with Crippen molar-refractivity contribution in [1.29, 1.82) is 0 Å². The van der Waals surface area contributed by atoms with E-state index < -0.39 is 10.0 Å². The highest BCUT2D eigenvalue weighted by molar-refractivity contribution is 7.92. The number of nitrogens with one attached hydrogen (secondary N) is 1. The monoisotopic (exact) mass is 310 g/mol. The molecule has 0 heterocycles. The molecule has 0 spiro atoms. The van der Waals surface area contributed by atoms with Crippen molar-refractivity contribution in [2.24, 2.45) is 0 Å². The number of carbonyl (C=O) groups excluding carboxylic acids is 1. The Bertz CT molecular complexity index is 590. The molecule has 1 amide bonds. The zero-order chi connectivity index (χ0) is 15.5. The van der Waals surface area contributed by atoms with Crippen molar-refractivity contribution in [2.45, 2.75) is 38.6 Å². The summed E-state index contributed by atoms with van der Waals surface area (Å²) in [6.07, 6.45) is 5.33. The van der Waals surface area contributed by atoms with Crippen LogP contribution < -0.4 is 9.62 Å². The van der Waals surface area contributed by atoms with Gasteiger partial charge in [-0.1, -0.05) is 30.5 Å². The molecule has 6 heteroatoms. The third kappa shape index (κ3) is 4.46. The molecule has 1 aliphatic carbocycles. The third-order valence-electron chi connectivity index (χ3n) is 3.73. The standard InChI is InChI=1S/C15H22N2O3S/c1-12-7-9-14(10-8-12)17(21(2,19)20)11-15(18)16-13-5-3-4-6-13/h7-10,13H,3-6,11H2,1-2H3,(H,16,18). The minimum Gasteiger partial charge on any atom is -0.352 e. The van der Waals surface area contributed by atoms with E-state index in [1.54, 1.807) is 12.1 Å². The van der Waals surface area contributed by atoms with Crippen LogP contribution in [0, 0.1) is 6.92 Å². The quantitative estimate of drug-likeness (QED) is 0.902. The summed E-state index contributed by atoms with van der Waals surface area (Å²) in [5.74, 6) is -0.243. The van der Waals surface area contributed by atoms with E-state index in [1.165, 1.54) is 0 Å². The maximum absolute atomic E-state index is 12.1. The summed E-state index contributed by atoms with van der Waals surface area (Å²) in [5.41, 5.74) is 1.56. The van der Waals surface area contributed by atoms with Crippen LogP contribution in [0.3, 0.4) is 0 Å². The van der Waals surface area contributed by atoms with Crippen molar-refractivity contribution < 1.29 is 13.2 Å². The maximum atomic E-state index is 12.1. The van der Waals surface area contributed by atoms with Crippen LogP contribution in [0.25, 0.3) is 0 Å². The van der Waals surface area contributed by atoms with Gasteiger partial charge in [0.1, 0.15) is 6.54 Å². The van der Waals surface area contributed by atoms with Gasteiger partial charge in [0.05, 0.1) is 11.9 Å². The fourth-order valence-corrected chi connectivity index (χ4v) is 3.44. The zero-order valence-electron chi connectivity index (χ0n) is 12.5. The smallest absolute Gasteiger partial charge is 0.240 e. The number of carbonyl (C=O) groups is 1. The highest BCUT2D eigenvalue weighted by atomic mass is 32.2. The zero-order valence-corrected chi connectivity index (χ0v) is 13.3. The van der Waals surface area contributed by atoms with Crippen LogP contribution in [0.5, 0.6) is 0 Å². The van der Waals surface area contributed by atoms with Crippen molar-refractivity contribution in [1.82, 2.24) is 5.32 Å². The van der Waals surface area contributed by atoms with Crippen molar-refractivity contribution in [3.05, 3.63) is 29.8 Å². The summed E-state index contributed by atoms with van der Waals surface area (Å²) in [5, 5.41) is 2.92. The average molecular weight is 310 g/mol. The lowest BCUT2D eigenvalue weighted by Crippen LogP contribution is -2.43. The van der Waals surface area contributed by atoms with Crippen LogP contribution in [0.4, 0.5) is 5.69 Å². The van der Waals surface area contributed by atoms with Crippen LogP contribution in [0.15, 0.2) is 24.3 Å². The van der Waals surface area contributed by atoms with Gasteiger partial charge in [-0.15, -0.1) is 0 Å². The van der Waals surface area contributed by atoms with Crippen LogP contribution in [-0.2, 0) is 14.8 Å². The number of benzene rings is 1. The highest BCUT2D eigenvalue weighted by Gasteiger charge is 2.23. The molecule has 0 aromatic heterocycles. The van der Waals surface area contributed by atoms with Crippen molar-refractivity contribution >= 4 is 21.6 Å². The van der Waals surface area contributed by atoms with Gasteiger partial charge in [-0.05, 0) is 31.9 Å². The molecular weight excluding hydrogens is 288 g/mol. The molecule has 1 N–H and O–H groups in total. The molecule has 0 bridgehead atoms. The van der Waals surface area contributed by atoms with Gasteiger partial charge in [0.25, 0.3) is 0 Å². The Morgan fingerprint density at radius 3 is 2.33 bits per heavy atom. The number of hydrogen-bond donors (Lipinski definition) is 1. The molecule has 116 valence electrons. The number of hydrogen-bond acceptors (Lipinski definition) is 3. The van der Waals surface area contributed by atoms with Crippen LogP contribution in [0.2, 0.25) is 0 Å². The fraction of sp³-hybridized carbons (Fsp3) is 0.533. The first kappa shape index (κ1) is 15.8. The van der Waals surface area contributed by atoms with Crippen molar-refractivity contribution in [3.63, 3.8) is 0 Å². The molecular formula is C15H22N2O3S. The molecule has 1 aromatic carbocycles. The second-order valence-electron chi connectivity index (χ2n) is 5.65. The summed E-state index contributed by atoms with van der Waals surface area (Å²) in [4.78, 5) is 12.1. The van der Waals surface area contributed by atoms with Gasteiger partial charge in [-0.25, -0.2) is 8.42 Å². The van der Waals surface area contributed by atoms with E-state index in [4.69, 9.17) is 0 Å². The van der Waals surface area contributed by atoms with Crippen LogP contribution >= 0.6 is 0 Å². The molecule has 0 atom stereocenters. The molecule has 5 nitrogen and oxygen atoms in total. The van der Waals surface area contributed by atoms with E-state index in [-0.39, 0.29) is 18.5 Å². The Balaban J connectivity index is 2.09. The predicted octanol–water partition coefficient (Wildman–Crippen LogP) is 1.82. The van der Waals surface area contributed by atoms with Gasteiger partial charge in [-0.2, -0.15) is 0 Å². The molecule has 2 rings (SSSR count). The Morgan fingerprint density at radius 1 is 1.24 bits per heavy atom. The summed E-state index contributed by atoms with van der Waals surface area (Å²) < 4.78 is 25.0. The van der Waals surface area contributed by atoms with Gasteiger partial charge in [-0.3, -0.25) is 9.10 Å². The van der Waals surface area contributed by atoms with E-state index in [2.05, 4.69) is 5.32 Å². The van der Waals surface area contributed by atoms with E-state index in [0.29, 0.717) is 5.69 Å². The Labute approximate surface area is 126 Å². The molecule has 0 unspecified atom stereocenters. The number of aryl methyl sites for hydroxylation is 1. The van der Waals surface area contributed by atoms with E-state index in [0.717, 1.165) is 41.8 Å². The van der Waals surface area contributed by atoms with Gasteiger partial charge in [0.2, 0.25) is 15.9 Å². The first-order valence-electron chi connectivity index (χ1n) is 7.20. The molecule has 1 aromatic rings. The summed E-state index contributed by atoms with van der Waals surface area (Å²) in [6.45, 7) is 1.76. The second-order valence-corrected chi connectivity index (χ2v) is 7.56. The summed E-state index contributed by atoms with van der Waals surface area (Å²) in [7, 11) is -3.49. The second kappa shape index (κ2) is 6.47. The van der Waals surface area contributed by atoms with Gasteiger partial charge in [0.15, 0.2) is 0 Å². The molecule has 1 saturated carbocycles. The lowest BCUT2D eigenvalue weighted by Gasteiger charge is -2.23. The number of rotatable bonds is 5. The minimum absolute atomic E-state index is 0.168. The first-order chi connectivity index (χ1) is 9.86. The van der Waals surface area contributed by atoms with Crippen molar-refractivity contribution in [3.8, 4) is 0 Å². The molecule has 0 radical (unpaired) electrons. The molecule has 1 fully saturated rings. The molecule has 21 heavy (non-hydrogen) atoms. The normalized spacial score (nSPS) is 15.9. The first-order valence-corrected chi connectivity index (χ1v) is 9.05. The van der Waals surface area contributed by atoms with Crippen molar-refractivity contribution in [2.75, 3.05) is 17.1 Å². The van der Waals surface area contributed by atoms with E-state index in [9.17, 15) is 13.2 Å². The van der Waals surface area contributed by atoms with Crippen LogP contribution in [0.1, 0.15) is 31.2 Å². The van der Waals surface area contributed by atoms with Gasteiger partial charge < -0.3 is 5.32 Å². The van der Waals surface area contributed by atoms with Gasteiger partial charge in [0, 0.05) is 6.04 Å². The number of anilines is 1. The van der Waals surface area contributed by atoms with Crippen LogP contribution in [-0.4, -0.2) is 33.2 Å². The fourth-order valence-electron chi connectivity index (χ4n) is 2.58. The average Bonchev–Trinajstić information content (AvgIpc) is 2.89. The minimum atomic E-state index is -3.49. The maximum Gasteiger partial charge on any atom is 0.240 e. The highest BCUT2D eigenvalue weighted by Crippen LogP contribution is 2.19. The lowest BCUT2D eigenvalue weighted by molar-refractivity contribution is -0.120. The molecule has 1 aliphatic rings. The largest absolute Gasteiger partial charge is 0.352 e. The molecule has 0 saturated heterocycles. The third-order valence-corrected chi connectivity index (χ3v) is 4.87. The van der Waals surface area contributed by atoms with E-state index in [1.807, 2.05) is 19.1 Å². The Kier molecular flexibility index (Phi) is 4.88. The number of sulfonamides is 1. The SMILES string of the molecule is Cc1ccc(N(CC(=O)NC2CCCC2)S(C)(=O)=O)cc1. The van der Waals surface area contributed by atoms with Gasteiger partial charge >= 0.3 is 0 Å². The molecule has 0 aliphatic heterocycles. The summed E-state index contributed by atoms with van der Waals surface area (Å²) in [6, 6.07) is 7.31. The predicted molar refractivity (Wildman–Crippen MR) is 83.8 cm³/mol. The number of amides is 1. The summed E-state index contributed by atoms with van der Waals surface area (Å²) >= 11 is 0. The number of nitrogens with zero attached hydrogens (tertiary/aromatic N) is 1. The topological polar surface area (TPSA) is 66.5 Å². The Hall–Kier alpha value is -1.56. The van der Waals surface area contributed by atoms with E-state index >= 15 is 0 Å². The Morgan fingerprint density at radius 2 is 1.81 bits per heavy atom.